The number of benzene rings is 1. The number of nitrogen functional groups attached to an aromatic ring is 1. The SMILES string of the molecule is Nc1cccc(Cl)c1Oc1ncc(Br)cc1Br. The van der Waals surface area contributed by atoms with E-state index in [0.717, 1.165) is 4.47 Å². The van der Waals surface area contributed by atoms with Crippen molar-refractivity contribution in [3.05, 3.63) is 44.4 Å². The minimum absolute atomic E-state index is 0.407. The lowest BCUT2D eigenvalue weighted by molar-refractivity contribution is 0.462. The van der Waals surface area contributed by atoms with Gasteiger partial charge < -0.3 is 10.5 Å². The normalized spacial score (nSPS) is 10.3. The summed E-state index contributed by atoms with van der Waals surface area (Å²) >= 11 is 12.7. The van der Waals surface area contributed by atoms with Crippen LogP contribution in [0.15, 0.2) is 39.4 Å². The number of rotatable bonds is 2. The van der Waals surface area contributed by atoms with Crippen LogP contribution in [0.5, 0.6) is 11.6 Å². The van der Waals surface area contributed by atoms with Crippen LogP contribution >= 0.6 is 43.5 Å². The highest BCUT2D eigenvalue weighted by Crippen LogP contribution is 2.36. The van der Waals surface area contributed by atoms with E-state index in [1.165, 1.54) is 0 Å². The number of halogens is 3. The number of para-hydroxylation sites is 1. The summed E-state index contributed by atoms with van der Waals surface area (Å²) < 4.78 is 7.15. The Bertz CT molecular complexity index is 543. The average Bonchev–Trinajstić information content (AvgIpc) is 2.26. The molecule has 0 fully saturated rings. The second-order valence-electron chi connectivity index (χ2n) is 3.20. The highest BCUT2D eigenvalue weighted by molar-refractivity contribution is 9.11. The van der Waals surface area contributed by atoms with Gasteiger partial charge in [0.15, 0.2) is 5.75 Å². The first-order valence-electron chi connectivity index (χ1n) is 4.61. The van der Waals surface area contributed by atoms with E-state index >= 15 is 0 Å². The Balaban J connectivity index is 2.38. The summed E-state index contributed by atoms with van der Waals surface area (Å²) in [6, 6.07) is 7.01. The summed E-state index contributed by atoms with van der Waals surface area (Å²) in [6.45, 7) is 0. The van der Waals surface area contributed by atoms with Crippen molar-refractivity contribution in [2.75, 3.05) is 5.73 Å². The van der Waals surface area contributed by atoms with Gasteiger partial charge in [0.25, 0.3) is 0 Å². The van der Waals surface area contributed by atoms with Crippen molar-refractivity contribution >= 4 is 49.1 Å². The number of hydrogen-bond acceptors (Lipinski definition) is 3. The lowest BCUT2D eigenvalue weighted by Gasteiger charge is -2.10. The van der Waals surface area contributed by atoms with E-state index in [-0.39, 0.29) is 0 Å². The minimum atomic E-state index is 0.407. The van der Waals surface area contributed by atoms with Crippen LogP contribution in [0.25, 0.3) is 0 Å². The minimum Gasteiger partial charge on any atom is -0.434 e. The number of nitrogens with two attached hydrogens (primary N) is 1. The van der Waals surface area contributed by atoms with Gasteiger partial charge in [-0.15, -0.1) is 0 Å². The molecule has 1 aromatic carbocycles. The quantitative estimate of drug-likeness (QED) is 0.775. The van der Waals surface area contributed by atoms with Gasteiger partial charge in [0.05, 0.1) is 15.2 Å². The van der Waals surface area contributed by atoms with Crippen molar-refractivity contribution < 1.29 is 4.74 Å². The molecular weight excluding hydrogens is 371 g/mol. The number of aromatic nitrogens is 1. The maximum atomic E-state index is 6.01. The van der Waals surface area contributed by atoms with Crippen LogP contribution in [-0.4, -0.2) is 4.98 Å². The molecule has 0 radical (unpaired) electrons. The van der Waals surface area contributed by atoms with E-state index in [1.54, 1.807) is 24.4 Å². The molecule has 2 aromatic rings. The molecule has 88 valence electrons. The van der Waals surface area contributed by atoms with E-state index < -0.39 is 0 Å². The van der Waals surface area contributed by atoms with Crippen LogP contribution in [0.4, 0.5) is 5.69 Å². The summed E-state index contributed by atoms with van der Waals surface area (Å²) in [6.07, 6.45) is 1.63. The molecule has 0 saturated carbocycles. The maximum absolute atomic E-state index is 6.01. The molecule has 1 aromatic heterocycles. The molecule has 0 amide bonds. The molecule has 1 heterocycles. The summed E-state index contributed by atoms with van der Waals surface area (Å²) in [5.41, 5.74) is 6.25. The van der Waals surface area contributed by atoms with Gasteiger partial charge in [0.2, 0.25) is 5.88 Å². The predicted molar refractivity (Wildman–Crippen MR) is 75.6 cm³/mol. The van der Waals surface area contributed by atoms with Crippen molar-refractivity contribution in [1.29, 1.82) is 0 Å². The molecule has 2 rings (SSSR count). The van der Waals surface area contributed by atoms with Crippen molar-refractivity contribution in [2.24, 2.45) is 0 Å². The zero-order valence-electron chi connectivity index (χ0n) is 8.45. The molecule has 0 spiro atoms. The molecule has 0 bridgehead atoms. The maximum Gasteiger partial charge on any atom is 0.233 e. The average molecular weight is 378 g/mol. The van der Waals surface area contributed by atoms with Gasteiger partial charge in [0.1, 0.15) is 0 Å². The van der Waals surface area contributed by atoms with E-state index in [0.29, 0.717) is 26.8 Å². The lowest BCUT2D eigenvalue weighted by Crippen LogP contribution is -1.95. The molecule has 3 nitrogen and oxygen atoms in total. The third kappa shape index (κ3) is 2.91. The summed E-state index contributed by atoms with van der Waals surface area (Å²) in [4.78, 5) is 4.13. The molecule has 0 aliphatic carbocycles. The zero-order chi connectivity index (χ0) is 12.4. The lowest BCUT2D eigenvalue weighted by atomic mass is 10.3. The molecule has 6 heteroatoms. The predicted octanol–water partition coefficient (Wildman–Crippen LogP) is 4.63. The Morgan fingerprint density at radius 2 is 2.06 bits per heavy atom. The third-order valence-electron chi connectivity index (χ3n) is 1.97. The first-order valence-corrected chi connectivity index (χ1v) is 6.57. The molecule has 0 aliphatic rings. The molecule has 0 atom stereocenters. The van der Waals surface area contributed by atoms with Gasteiger partial charge in [-0.1, -0.05) is 17.7 Å². The van der Waals surface area contributed by atoms with Crippen molar-refractivity contribution in [3.63, 3.8) is 0 Å². The van der Waals surface area contributed by atoms with Crippen LogP contribution in [0.3, 0.4) is 0 Å². The molecule has 0 unspecified atom stereocenters. The Morgan fingerprint density at radius 3 is 2.71 bits per heavy atom. The van der Waals surface area contributed by atoms with Gasteiger partial charge in [-0.25, -0.2) is 4.98 Å². The van der Waals surface area contributed by atoms with Crippen molar-refractivity contribution in [3.8, 4) is 11.6 Å². The third-order valence-corrected chi connectivity index (χ3v) is 3.27. The molecule has 0 aliphatic heterocycles. The van der Waals surface area contributed by atoms with Crippen LogP contribution < -0.4 is 10.5 Å². The molecular formula is C11H7Br2ClN2O. The zero-order valence-corrected chi connectivity index (χ0v) is 12.4. The van der Waals surface area contributed by atoms with Gasteiger partial charge in [-0.2, -0.15) is 0 Å². The van der Waals surface area contributed by atoms with E-state index in [2.05, 4.69) is 36.8 Å². The fraction of sp³-hybridized carbons (Fsp3) is 0. The molecule has 17 heavy (non-hydrogen) atoms. The number of pyridine rings is 1. The second kappa shape index (κ2) is 5.25. The number of nitrogens with zero attached hydrogens (tertiary/aromatic N) is 1. The van der Waals surface area contributed by atoms with E-state index in [1.807, 2.05) is 6.07 Å². The number of hydrogen-bond donors (Lipinski definition) is 1. The van der Waals surface area contributed by atoms with Crippen LogP contribution in [-0.2, 0) is 0 Å². The Kier molecular flexibility index (Phi) is 3.91. The highest BCUT2D eigenvalue weighted by Gasteiger charge is 2.10. The Hall–Kier alpha value is -0.780. The Morgan fingerprint density at radius 1 is 1.29 bits per heavy atom. The first kappa shape index (κ1) is 12.7. The molecule has 0 saturated heterocycles. The van der Waals surface area contributed by atoms with Crippen molar-refractivity contribution in [2.45, 2.75) is 0 Å². The smallest absolute Gasteiger partial charge is 0.233 e. The van der Waals surface area contributed by atoms with E-state index in [9.17, 15) is 0 Å². The van der Waals surface area contributed by atoms with Crippen LogP contribution in [0.2, 0.25) is 5.02 Å². The first-order chi connectivity index (χ1) is 8.08. The number of anilines is 1. The second-order valence-corrected chi connectivity index (χ2v) is 5.38. The summed E-state index contributed by atoms with van der Waals surface area (Å²) in [5, 5.41) is 0.446. The van der Waals surface area contributed by atoms with E-state index in [4.69, 9.17) is 22.1 Å². The largest absolute Gasteiger partial charge is 0.434 e. The summed E-state index contributed by atoms with van der Waals surface area (Å²) in [7, 11) is 0. The van der Waals surface area contributed by atoms with Gasteiger partial charge in [-0.3, -0.25) is 0 Å². The monoisotopic (exact) mass is 376 g/mol. The fourth-order valence-corrected chi connectivity index (χ4v) is 2.50. The Labute approximate surface area is 120 Å². The van der Waals surface area contributed by atoms with Crippen molar-refractivity contribution in [1.82, 2.24) is 4.98 Å². The molecule has 2 N–H and O–H groups in total. The fourth-order valence-electron chi connectivity index (χ4n) is 1.21. The van der Waals surface area contributed by atoms with Gasteiger partial charge in [0, 0.05) is 10.7 Å². The standard InChI is InChI=1S/C11H7Br2ClN2O/c12-6-4-7(13)11(16-5-6)17-10-8(14)2-1-3-9(10)15/h1-5H,15H2. The van der Waals surface area contributed by atoms with Crippen LogP contribution in [0.1, 0.15) is 0 Å². The summed E-state index contributed by atoms with van der Waals surface area (Å²) in [5.74, 6) is 0.817. The van der Waals surface area contributed by atoms with Gasteiger partial charge >= 0.3 is 0 Å². The topological polar surface area (TPSA) is 48.1 Å². The number of ether oxygens (including phenoxy) is 1. The van der Waals surface area contributed by atoms with Crippen LogP contribution in [0, 0.1) is 0 Å². The highest BCUT2D eigenvalue weighted by atomic mass is 79.9. The van der Waals surface area contributed by atoms with Gasteiger partial charge in [-0.05, 0) is 50.1 Å².